The van der Waals surface area contributed by atoms with Crippen LogP contribution < -0.4 is 0 Å². The number of carbonyl (C=O) groups excluding carboxylic acids is 1. The van der Waals surface area contributed by atoms with Crippen LogP contribution in [-0.4, -0.2) is 5.78 Å². The molecule has 0 heterocycles. The molecule has 17 heavy (non-hydrogen) atoms. The summed E-state index contributed by atoms with van der Waals surface area (Å²) in [6, 6.07) is 10.3. The van der Waals surface area contributed by atoms with E-state index < -0.39 is 0 Å². The normalized spacial score (nSPS) is 17.9. The second kappa shape index (κ2) is 5.81. The van der Waals surface area contributed by atoms with Crippen molar-refractivity contribution < 1.29 is 4.79 Å². The third-order valence-corrected chi connectivity index (χ3v) is 2.76. The van der Waals surface area contributed by atoms with Crippen molar-refractivity contribution in [3.63, 3.8) is 0 Å². The third kappa shape index (κ3) is 5.48. The number of aryl methyl sites for hydroxylation is 1. The average molecular weight is 230 g/mol. The molecule has 1 aliphatic carbocycles. The highest BCUT2D eigenvalue weighted by Crippen LogP contribution is 2.32. The van der Waals surface area contributed by atoms with Crippen LogP contribution in [0.25, 0.3) is 0 Å². The number of ketones is 1. The Morgan fingerprint density at radius 2 is 1.59 bits per heavy atom. The lowest BCUT2D eigenvalue weighted by Gasteiger charge is -2.27. The number of carbonyl (C=O) groups is 1. The smallest absolute Gasteiger partial charge is 0.156 e. The van der Waals surface area contributed by atoms with Gasteiger partial charge in [0, 0.05) is 6.42 Å². The lowest BCUT2D eigenvalue weighted by Crippen LogP contribution is -2.20. The first-order chi connectivity index (χ1) is 7.89. The van der Waals surface area contributed by atoms with Crippen molar-refractivity contribution in [2.45, 2.75) is 40.5 Å². The Hall–Kier alpha value is -1.37. The molecule has 0 aromatic heterocycles. The minimum absolute atomic E-state index is 0.204. The fraction of sp³-hybridized carbons (Fsp3) is 0.438. The highest BCUT2D eigenvalue weighted by Gasteiger charge is 2.25. The highest BCUT2D eigenvalue weighted by atomic mass is 16.1. The zero-order chi connectivity index (χ0) is 12.9. The molecule has 0 saturated heterocycles. The van der Waals surface area contributed by atoms with Crippen LogP contribution in [-0.2, 0) is 4.79 Å². The molecule has 1 nitrogen and oxygen atoms in total. The summed E-state index contributed by atoms with van der Waals surface area (Å²) in [5.41, 5.74) is 2.75. The Labute approximate surface area is 105 Å². The second-order valence-electron chi connectivity index (χ2n) is 5.63. The van der Waals surface area contributed by atoms with Gasteiger partial charge in [0.15, 0.2) is 5.78 Å². The molecule has 0 amide bonds. The van der Waals surface area contributed by atoms with E-state index in [4.69, 9.17) is 0 Å². The molecule has 0 saturated carbocycles. The van der Waals surface area contributed by atoms with Gasteiger partial charge in [-0.15, -0.1) is 0 Å². The highest BCUT2D eigenvalue weighted by molar-refractivity contribution is 5.91. The fourth-order valence-corrected chi connectivity index (χ4v) is 2.20. The lowest BCUT2D eigenvalue weighted by molar-refractivity contribution is -0.117. The monoisotopic (exact) mass is 230 g/mol. The standard InChI is InChI=1S/C9H14O.C7H8/c1-7-4-8(10)6-9(2,3)5-7;1-7-5-3-2-4-6-7/h4H,5-6H2,1-3H3;2-6H,1H3. The third-order valence-electron chi connectivity index (χ3n) is 2.76. The van der Waals surface area contributed by atoms with Gasteiger partial charge in [0.25, 0.3) is 0 Å². The van der Waals surface area contributed by atoms with Crippen molar-refractivity contribution in [2.75, 3.05) is 0 Å². The van der Waals surface area contributed by atoms with E-state index in [1.165, 1.54) is 11.1 Å². The summed E-state index contributed by atoms with van der Waals surface area (Å²) in [6.07, 6.45) is 3.55. The minimum Gasteiger partial charge on any atom is -0.295 e. The summed E-state index contributed by atoms with van der Waals surface area (Å²) < 4.78 is 0. The summed E-state index contributed by atoms with van der Waals surface area (Å²) in [7, 11) is 0. The molecule has 92 valence electrons. The zero-order valence-corrected chi connectivity index (χ0v) is 11.3. The number of allylic oxidation sites excluding steroid dienone is 2. The van der Waals surface area contributed by atoms with E-state index in [0.29, 0.717) is 6.42 Å². The lowest BCUT2D eigenvalue weighted by atomic mass is 9.77. The van der Waals surface area contributed by atoms with Crippen molar-refractivity contribution in [1.29, 1.82) is 0 Å². The number of benzene rings is 1. The van der Waals surface area contributed by atoms with E-state index in [1.807, 2.05) is 25.1 Å². The first kappa shape index (κ1) is 13.7. The molecule has 2 rings (SSSR count). The maximum Gasteiger partial charge on any atom is 0.156 e. The Bertz CT molecular complexity index is 399. The van der Waals surface area contributed by atoms with Gasteiger partial charge >= 0.3 is 0 Å². The van der Waals surface area contributed by atoms with Crippen LogP contribution in [0.1, 0.15) is 39.2 Å². The summed E-state index contributed by atoms with van der Waals surface area (Å²) >= 11 is 0. The van der Waals surface area contributed by atoms with Crippen molar-refractivity contribution >= 4 is 5.78 Å². The van der Waals surface area contributed by atoms with E-state index in [9.17, 15) is 4.79 Å². The Morgan fingerprint density at radius 1 is 1.00 bits per heavy atom. The molecule has 0 N–H and O–H groups in total. The summed E-state index contributed by atoms with van der Waals surface area (Å²) in [6.45, 7) is 8.39. The van der Waals surface area contributed by atoms with Crippen molar-refractivity contribution in [2.24, 2.45) is 5.41 Å². The predicted molar refractivity (Wildman–Crippen MR) is 73.0 cm³/mol. The molecule has 0 atom stereocenters. The van der Waals surface area contributed by atoms with Gasteiger partial charge in [0.05, 0.1) is 0 Å². The molecule has 0 bridgehead atoms. The van der Waals surface area contributed by atoms with Gasteiger partial charge < -0.3 is 0 Å². The average Bonchev–Trinajstić information content (AvgIpc) is 2.15. The Balaban J connectivity index is 0.000000181. The van der Waals surface area contributed by atoms with Crippen molar-refractivity contribution in [1.82, 2.24) is 0 Å². The topological polar surface area (TPSA) is 17.1 Å². The molecule has 0 aliphatic heterocycles. The maximum atomic E-state index is 11.0. The van der Waals surface area contributed by atoms with E-state index in [-0.39, 0.29) is 11.2 Å². The summed E-state index contributed by atoms with van der Waals surface area (Å²) in [5, 5.41) is 0. The molecule has 1 aromatic rings. The van der Waals surface area contributed by atoms with Gasteiger partial charge in [0.2, 0.25) is 0 Å². The molecule has 1 aliphatic rings. The minimum atomic E-state index is 0.204. The molecular weight excluding hydrogens is 208 g/mol. The van der Waals surface area contributed by atoms with Gasteiger partial charge in [-0.2, -0.15) is 0 Å². The molecular formula is C16H22O. The number of hydrogen-bond donors (Lipinski definition) is 0. The fourth-order valence-electron chi connectivity index (χ4n) is 2.20. The van der Waals surface area contributed by atoms with Crippen LogP contribution in [0.5, 0.6) is 0 Å². The Morgan fingerprint density at radius 3 is 1.94 bits per heavy atom. The van der Waals surface area contributed by atoms with E-state index in [0.717, 1.165) is 6.42 Å². The molecule has 0 unspecified atom stereocenters. The maximum absolute atomic E-state index is 11.0. The predicted octanol–water partition coefficient (Wildman–Crippen LogP) is 4.32. The van der Waals surface area contributed by atoms with E-state index in [1.54, 1.807) is 6.08 Å². The number of hydrogen-bond acceptors (Lipinski definition) is 1. The van der Waals surface area contributed by atoms with Crippen LogP contribution >= 0.6 is 0 Å². The van der Waals surface area contributed by atoms with Gasteiger partial charge in [-0.3, -0.25) is 4.79 Å². The van der Waals surface area contributed by atoms with Gasteiger partial charge in [-0.1, -0.05) is 55.3 Å². The van der Waals surface area contributed by atoms with Gasteiger partial charge in [0.1, 0.15) is 0 Å². The largest absolute Gasteiger partial charge is 0.295 e. The first-order valence-electron chi connectivity index (χ1n) is 6.11. The zero-order valence-electron chi connectivity index (χ0n) is 11.3. The van der Waals surface area contributed by atoms with Crippen LogP contribution in [0.4, 0.5) is 0 Å². The molecule has 1 heteroatoms. The van der Waals surface area contributed by atoms with Crippen LogP contribution in [0.15, 0.2) is 42.0 Å². The second-order valence-corrected chi connectivity index (χ2v) is 5.63. The van der Waals surface area contributed by atoms with Crippen LogP contribution in [0, 0.1) is 12.3 Å². The van der Waals surface area contributed by atoms with Crippen molar-refractivity contribution in [3.05, 3.63) is 47.5 Å². The molecule has 0 spiro atoms. The van der Waals surface area contributed by atoms with Crippen LogP contribution in [0.3, 0.4) is 0 Å². The van der Waals surface area contributed by atoms with Crippen molar-refractivity contribution in [3.8, 4) is 0 Å². The van der Waals surface area contributed by atoms with E-state index in [2.05, 4.69) is 32.9 Å². The molecule has 1 aromatic carbocycles. The Kier molecular flexibility index (Phi) is 4.68. The number of rotatable bonds is 0. The van der Waals surface area contributed by atoms with E-state index >= 15 is 0 Å². The first-order valence-corrected chi connectivity index (χ1v) is 6.11. The molecule has 0 radical (unpaired) electrons. The van der Waals surface area contributed by atoms with Crippen LogP contribution in [0.2, 0.25) is 0 Å². The summed E-state index contributed by atoms with van der Waals surface area (Å²) in [4.78, 5) is 11.0. The molecule has 0 fully saturated rings. The summed E-state index contributed by atoms with van der Waals surface area (Å²) in [5.74, 6) is 0.286. The quantitative estimate of drug-likeness (QED) is 0.649. The van der Waals surface area contributed by atoms with Gasteiger partial charge in [-0.25, -0.2) is 0 Å². The van der Waals surface area contributed by atoms with Gasteiger partial charge in [-0.05, 0) is 31.8 Å². The SMILES string of the molecule is CC1=CC(=O)CC(C)(C)C1.Cc1ccccc1.